The number of guanidine groups is 1. The van der Waals surface area contributed by atoms with Crippen LogP contribution in [-0.4, -0.2) is 155 Å². The number of rotatable bonds is 10. The summed E-state index contributed by atoms with van der Waals surface area (Å²) in [5, 5.41) is 4.62. The van der Waals surface area contributed by atoms with Crippen molar-refractivity contribution in [2.75, 3.05) is 66.5 Å². The number of aliphatic imine (C=N–C) groups is 1. The number of fused-ring (bicyclic) bond motifs is 3. The molecule has 4 aliphatic rings. The molecular weight excluding hydrogens is 1210 g/mol. The second-order valence-electron chi connectivity index (χ2n) is 19.8. The van der Waals surface area contributed by atoms with Gasteiger partial charge in [-0.25, -0.2) is 40.2 Å². The first-order chi connectivity index (χ1) is 37.2. The lowest BCUT2D eigenvalue weighted by atomic mass is 9.96. The van der Waals surface area contributed by atoms with Crippen LogP contribution in [0.2, 0.25) is 25.4 Å². The van der Waals surface area contributed by atoms with Crippen molar-refractivity contribution in [3.8, 4) is 0 Å². The number of hydrogen-bond donors (Lipinski definition) is 4. The van der Waals surface area contributed by atoms with Gasteiger partial charge in [-0.05, 0) is 76.2 Å². The highest BCUT2D eigenvalue weighted by Gasteiger charge is 2.48. The lowest BCUT2D eigenvalue weighted by molar-refractivity contribution is -0.139. The number of halogens is 6. The number of aromatic nitrogens is 3. The van der Waals surface area contributed by atoms with Crippen LogP contribution in [0.25, 0.3) is 32.3 Å². The van der Waals surface area contributed by atoms with E-state index >= 15 is 0 Å². The normalized spacial score (nSPS) is 18.0. The largest absolute Gasteiger partial charge is 0.370 e. The number of likely N-dealkylation sites (N-methyl/N-ethyl adjacent to an activating group) is 2. The second kappa shape index (κ2) is 24.5. The van der Waals surface area contributed by atoms with Crippen LogP contribution in [0.3, 0.4) is 0 Å². The maximum Gasteiger partial charge on any atom is 0.261 e. The van der Waals surface area contributed by atoms with Crippen molar-refractivity contribution < 1.29 is 34.8 Å². The van der Waals surface area contributed by atoms with E-state index in [1.807, 2.05) is 14.1 Å². The Kier molecular flexibility index (Phi) is 18.8. The van der Waals surface area contributed by atoms with Crippen molar-refractivity contribution >= 4 is 154 Å². The Hall–Kier alpha value is -4.47. The summed E-state index contributed by atoms with van der Waals surface area (Å²) < 4.78 is 81.3. The summed E-state index contributed by atoms with van der Waals surface area (Å²) >= 11 is 30.3. The molecule has 20 nitrogen and oxygen atoms in total. The number of sulfonamides is 2. The Morgan fingerprint density at radius 1 is 0.519 bits per heavy atom. The Balaban J connectivity index is 0.000000165. The first-order valence-electron chi connectivity index (χ1n) is 24.9. The smallest absolute Gasteiger partial charge is 0.261 e. The van der Waals surface area contributed by atoms with Crippen LogP contribution < -0.4 is 20.9 Å². The molecule has 2 aliphatic carbocycles. The van der Waals surface area contributed by atoms with Crippen LogP contribution >= 0.6 is 68.7 Å². The van der Waals surface area contributed by atoms with E-state index in [4.69, 9.17) is 80.2 Å². The van der Waals surface area contributed by atoms with E-state index < -0.39 is 40.2 Å². The highest BCUT2D eigenvalue weighted by Crippen LogP contribution is 2.38. The van der Waals surface area contributed by atoms with Gasteiger partial charge in [0.05, 0.1) is 29.8 Å². The molecule has 0 bridgehead atoms. The fourth-order valence-corrected chi connectivity index (χ4v) is 14.8. The molecule has 10 rings (SSSR count). The topological polar surface area (TPSA) is 277 Å². The van der Waals surface area contributed by atoms with Gasteiger partial charge in [-0.1, -0.05) is 102 Å². The van der Waals surface area contributed by atoms with Crippen molar-refractivity contribution in [2.45, 2.75) is 77.1 Å². The molecule has 3 aromatic heterocycles. The van der Waals surface area contributed by atoms with Gasteiger partial charge in [0.25, 0.3) is 9.05 Å². The molecule has 424 valence electrons. The minimum Gasteiger partial charge on any atom is -0.370 e. The van der Waals surface area contributed by atoms with Gasteiger partial charge in [0.1, 0.15) is 21.4 Å². The zero-order valence-electron chi connectivity index (χ0n) is 42.7. The van der Waals surface area contributed by atoms with E-state index in [0.717, 1.165) is 51.9 Å². The molecule has 0 unspecified atom stereocenters. The monoisotopic (exact) mass is 1260 g/mol. The van der Waals surface area contributed by atoms with Gasteiger partial charge < -0.3 is 31.1 Å². The van der Waals surface area contributed by atoms with Crippen LogP contribution in [0.4, 0.5) is 5.82 Å². The van der Waals surface area contributed by atoms with E-state index in [2.05, 4.69) is 39.2 Å². The number of hydrogen-bond acceptors (Lipinski definition) is 14. The molecule has 5 heterocycles. The highest BCUT2D eigenvalue weighted by molar-refractivity contribution is 8.13. The van der Waals surface area contributed by atoms with E-state index in [1.54, 1.807) is 28.0 Å². The predicted molar refractivity (Wildman–Crippen MR) is 310 cm³/mol. The van der Waals surface area contributed by atoms with Gasteiger partial charge in [0, 0.05) is 114 Å². The number of nitrogens with one attached hydrogen (secondary N) is 2. The Labute approximate surface area is 487 Å². The number of carbonyl (C=O) groups excluding carboxylic acids is 2. The molecule has 4 fully saturated rings. The van der Waals surface area contributed by atoms with Crippen molar-refractivity contribution in [3.05, 3.63) is 98.6 Å². The third-order valence-corrected chi connectivity index (χ3v) is 20.3. The molecule has 0 spiro atoms. The summed E-state index contributed by atoms with van der Waals surface area (Å²) in [5.41, 5.74) is 8.75. The van der Waals surface area contributed by atoms with Crippen LogP contribution in [0.1, 0.15) is 51.4 Å². The highest BCUT2D eigenvalue weighted by atomic mass is 35.7. The van der Waals surface area contributed by atoms with Gasteiger partial charge in [-0.15, -0.1) is 0 Å². The summed E-state index contributed by atoms with van der Waals surface area (Å²) in [6, 6.07) is 13.3. The molecule has 6 N–H and O–H groups in total. The fraction of sp³-hybridized carbons (Fsp3) is 0.400. The minimum absolute atomic E-state index is 0.0106. The van der Waals surface area contributed by atoms with Crippen LogP contribution in [0.5, 0.6) is 0 Å². The minimum atomic E-state index is -4.04. The van der Waals surface area contributed by atoms with Gasteiger partial charge >= 0.3 is 0 Å². The van der Waals surface area contributed by atoms with Gasteiger partial charge in [0.2, 0.25) is 31.9 Å². The Bertz CT molecular complexity index is 3700. The summed E-state index contributed by atoms with van der Waals surface area (Å²) in [4.78, 5) is 50.7. The van der Waals surface area contributed by atoms with Crippen molar-refractivity contribution in [1.82, 2.24) is 44.0 Å². The van der Waals surface area contributed by atoms with Gasteiger partial charge in [0.15, 0.2) is 11.8 Å². The number of carbonyl (C=O) groups is 2. The summed E-state index contributed by atoms with van der Waals surface area (Å²) in [6.07, 6.45) is 9.37. The van der Waals surface area contributed by atoms with Crippen molar-refractivity contribution in [3.63, 3.8) is 0 Å². The average Bonchev–Trinajstić information content (AvgIpc) is 4.17. The first-order valence-corrected chi connectivity index (χ1v) is 32.0. The van der Waals surface area contributed by atoms with Crippen LogP contribution in [0.15, 0.2) is 92.9 Å². The molecule has 2 aliphatic heterocycles. The third kappa shape index (κ3) is 13.7. The summed E-state index contributed by atoms with van der Waals surface area (Å²) in [7, 11) is -2.52. The number of amides is 2. The Morgan fingerprint density at radius 2 is 0.861 bits per heavy atom. The first kappa shape index (κ1) is 60.6. The molecule has 2 saturated heterocycles. The summed E-state index contributed by atoms with van der Waals surface area (Å²) in [5.74, 6) is -0.320. The van der Waals surface area contributed by atoms with Crippen molar-refractivity contribution in [2.24, 2.45) is 16.5 Å². The molecule has 6 aromatic rings. The zero-order valence-corrected chi connectivity index (χ0v) is 49.7. The lowest BCUT2D eigenvalue weighted by Crippen LogP contribution is -2.60. The van der Waals surface area contributed by atoms with Crippen LogP contribution in [-0.2, 0) is 38.7 Å². The second-order valence-corrected chi connectivity index (χ2v) is 27.7. The van der Waals surface area contributed by atoms with E-state index in [1.165, 1.54) is 55.0 Å². The summed E-state index contributed by atoms with van der Waals surface area (Å²) in [6.45, 7) is 5.48. The molecule has 0 radical (unpaired) electrons. The predicted octanol–water partition coefficient (Wildman–Crippen LogP) is 7.53. The van der Waals surface area contributed by atoms with Crippen molar-refractivity contribution in [1.29, 1.82) is 0 Å². The number of benzene rings is 3. The molecule has 0 atom stereocenters. The standard InChI is InChI=1S/C21H28ClN7O3S.C20H24Cl2N4O3S.C9H4Cl3NO2S/c1-28-8-10-29(11-9-28)19(30)21(6-2-3-7-21)27-33(31,32)14-4-5-15-16(12-14)18(26-20(23)24)25-13-17(15)22;1-25-8-10-26(11-9-25)19(27)20(6-2-3-7-20)24-30(28,29)14-4-5-15-16(12-14)18(22)23-13-17(15)21;10-8-4-13-9(11)7-3-5(16(12,14)15)1-2-6(7)8/h4-5,12-13,27H,2-3,6-11H2,1H3,(H4,23,24,25,26);4-5,12-13,24H,2-3,6-11H2,1H3;1-4H. The van der Waals surface area contributed by atoms with Crippen LogP contribution in [0, 0.1) is 0 Å². The zero-order chi connectivity index (χ0) is 57.2. The molecular formula is C50H56Cl6N12O8S3. The molecule has 2 amide bonds. The number of nitrogens with zero attached hydrogens (tertiary/aromatic N) is 8. The maximum atomic E-state index is 13.5. The number of pyridine rings is 3. The van der Waals surface area contributed by atoms with Gasteiger partial charge in [-0.2, -0.15) is 14.4 Å². The third-order valence-electron chi connectivity index (χ3n) is 14.4. The lowest BCUT2D eigenvalue weighted by Gasteiger charge is -2.39. The van der Waals surface area contributed by atoms with E-state index in [0.29, 0.717) is 99.2 Å². The quantitative estimate of drug-likeness (QED) is 0.0446. The number of nitrogens with two attached hydrogens (primary N) is 2. The number of piperazine rings is 2. The SMILES string of the molecule is CN1CCN(C(=O)C2(NS(=O)(=O)c3ccc4c(Cl)cnc(Cl)c4c3)CCCC2)CC1.CN1CCN(C(=O)C2(NS(=O)(=O)c3ccc4c(Cl)cnc(N=C(N)N)c4c3)CCCC2)CC1.O=S(=O)(Cl)c1ccc2c(Cl)cnc(Cl)c2c1. The average molecular weight is 1260 g/mol. The molecule has 2 saturated carbocycles. The molecule has 29 heteroatoms. The fourth-order valence-electron chi connectivity index (χ4n) is 10.1. The molecule has 79 heavy (non-hydrogen) atoms. The van der Waals surface area contributed by atoms with E-state index in [-0.39, 0.29) is 48.6 Å². The van der Waals surface area contributed by atoms with E-state index in [9.17, 15) is 34.8 Å². The van der Waals surface area contributed by atoms with Gasteiger partial charge in [-0.3, -0.25) is 9.59 Å². The maximum absolute atomic E-state index is 13.5. The molecule has 3 aromatic carbocycles. The Morgan fingerprint density at radius 3 is 1.24 bits per heavy atom.